The van der Waals surface area contributed by atoms with Crippen LogP contribution in [0.4, 0.5) is 0 Å². The van der Waals surface area contributed by atoms with E-state index >= 15 is 0 Å². The predicted octanol–water partition coefficient (Wildman–Crippen LogP) is 4.67. The fourth-order valence-electron chi connectivity index (χ4n) is 3.53. The Bertz CT molecular complexity index is 1350. The summed E-state index contributed by atoms with van der Waals surface area (Å²) in [4.78, 5) is 8.09. The molecule has 0 bridgehead atoms. The number of hydrogen-bond donors (Lipinski definition) is 1. The number of methoxy groups -OCH3 is 5. The van der Waals surface area contributed by atoms with Crippen molar-refractivity contribution in [3.63, 3.8) is 0 Å². The number of aromatic amines is 1. The van der Waals surface area contributed by atoms with Gasteiger partial charge in [-0.1, -0.05) is 11.8 Å². The number of nitrogens with zero attached hydrogens (tertiary/aromatic N) is 1. The third kappa shape index (κ3) is 4.23. The van der Waals surface area contributed by atoms with Gasteiger partial charge in [0, 0.05) is 11.6 Å². The molecule has 1 heterocycles. The Labute approximate surface area is 192 Å². The van der Waals surface area contributed by atoms with E-state index in [1.165, 1.54) is 0 Å². The lowest BCUT2D eigenvalue weighted by molar-refractivity contribution is 0.325. The van der Waals surface area contributed by atoms with Crippen LogP contribution in [0.3, 0.4) is 0 Å². The third-order valence-electron chi connectivity index (χ3n) is 5.19. The fraction of sp³-hybridized carbons (Fsp3) is 0.192. The molecule has 1 aromatic heterocycles. The molecule has 168 valence electrons. The Morgan fingerprint density at radius 1 is 0.697 bits per heavy atom. The molecular weight excluding hydrogens is 420 g/mol. The van der Waals surface area contributed by atoms with E-state index in [9.17, 15) is 0 Å². The van der Waals surface area contributed by atoms with Gasteiger partial charge in [-0.3, -0.25) is 0 Å². The predicted molar refractivity (Wildman–Crippen MR) is 127 cm³/mol. The molecule has 0 aliphatic carbocycles. The molecule has 0 unspecified atom stereocenters. The largest absolute Gasteiger partial charge is 0.497 e. The zero-order valence-corrected chi connectivity index (χ0v) is 19.1. The minimum Gasteiger partial charge on any atom is -0.497 e. The summed E-state index contributed by atoms with van der Waals surface area (Å²) in [6.45, 7) is 0. The molecule has 0 aliphatic rings. The summed E-state index contributed by atoms with van der Waals surface area (Å²) >= 11 is 0. The Morgan fingerprint density at radius 2 is 1.42 bits per heavy atom. The van der Waals surface area contributed by atoms with Gasteiger partial charge in [0.05, 0.1) is 57.7 Å². The number of nitrogens with one attached hydrogen (secondary N) is 1. The van der Waals surface area contributed by atoms with Crippen LogP contribution in [0.25, 0.3) is 22.4 Å². The summed E-state index contributed by atoms with van der Waals surface area (Å²) in [5, 5.41) is 0. The highest BCUT2D eigenvalue weighted by atomic mass is 16.5. The lowest BCUT2D eigenvalue weighted by atomic mass is 10.1. The normalized spacial score (nSPS) is 10.3. The van der Waals surface area contributed by atoms with Gasteiger partial charge < -0.3 is 28.7 Å². The number of aromatic nitrogens is 2. The van der Waals surface area contributed by atoms with E-state index < -0.39 is 0 Å². The number of benzene rings is 3. The van der Waals surface area contributed by atoms with Crippen LogP contribution in [0.15, 0.2) is 48.5 Å². The van der Waals surface area contributed by atoms with Crippen LogP contribution in [-0.2, 0) is 0 Å². The van der Waals surface area contributed by atoms with Crippen molar-refractivity contribution < 1.29 is 23.7 Å². The van der Waals surface area contributed by atoms with Crippen LogP contribution in [0.1, 0.15) is 11.1 Å². The summed E-state index contributed by atoms with van der Waals surface area (Å²) in [7, 11) is 7.99. The van der Waals surface area contributed by atoms with E-state index in [-0.39, 0.29) is 0 Å². The minimum atomic E-state index is 0.501. The molecule has 7 heteroatoms. The Morgan fingerprint density at radius 3 is 2.06 bits per heavy atom. The van der Waals surface area contributed by atoms with Gasteiger partial charge >= 0.3 is 0 Å². The molecule has 4 aromatic rings. The Balaban J connectivity index is 1.77. The maximum atomic E-state index is 5.61. The van der Waals surface area contributed by atoms with Crippen LogP contribution >= 0.6 is 0 Å². The molecule has 4 rings (SSSR count). The zero-order valence-electron chi connectivity index (χ0n) is 19.1. The van der Waals surface area contributed by atoms with E-state index in [4.69, 9.17) is 28.7 Å². The first kappa shape index (κ1) is 21.9. The maximum Gasteiger partial charge on any atom is 0.204 e. The maximum absolute atomic E-state index is 5.61. The topological polar surface area (TPSA) is 74.8 Å². The Hall–Kier alpha value is -4.31. The number of hydrogen-bond acceptors (Lipinski definition) is 6. The lowest BCUT2D eigenvalue weighted by Gasteiger charge is -2.14. The summed E-state index contributed by atoms with van der Waals surface area (Å²) in [6.07, 6.45) is 0. The van der Waals surface area contributed by atoms with Gasteiger partial charge in [-0.25, -0.2) is 4.98 Å². The van der Waals surface area contributed by atoms with Crippen LogP contribution in [0.5, 0.6) is 28.7 Å². The molecule has 0 radical (unpaired) electrons. The van der Waals surface area contributed by atoms with Gasteiger partial charge in [-0.05, 0) is 42.5 Å². The molecule has 0 fully saturated rings. The van der Waals surface area contributed by atoms with Crippen molar-refractivity contribution in [1.82, 2.24) is 9.97 Å². The lowest BCUT2D eigenvalue weighted by Crippen LogP contribution is -1.97. The van der Waals surface area contributed by atoms with E-state index in [2.05, 4.69) is 16.8 Å². The summed E-state index contributed by atoms with van der Waals surface area (Å²) in [5.41, 5.74) is 3.93. The average Bonchev–Trinajstić information content (AvgIpc) is 3.28. The molecule has 1 N–H and O–H groups in total. The van der Waals surface area contributed by atoms with Crippen molar-refractivity contribution in [3.05, 3.63) is 59.7 Å². The van der Waals surface area contributed by atoms with Crippen LogP contribution in [0, 0.1) is 11.8 Å². The number of fused-ring (bicyclic) bond motifs is 1. The van der Waals surface area contributed by atoms with Gasteiger partial charge in [0.1, 0.15) is 17.3 Å². The van der Waals surface area contributed by atoms with E-state index in [0.717, 1.165) is 33.5 Å². The van der Waals surface area contributed by atoms with Crippen molar-refractivity contribution in [2.24, 2.45) is 0 Å². The van der Waals surface area contributed by atoms with Gasteiger partial charge in [-0.2, -0.15) is 0 Å². The van der Waals surface area contributed by atoms with Crippen molar-refractivity contribution in [2.75, 3.05) is 35.5 Å². The second-order valence-electron chi connectivity index (χ2n) is 7.02. The van der Waals surface area contributed by atoms with Gasteiger partial charge in [0.25, 0.3) is 0 Å². The second kappa shape index (κ2) is 9.45. The first-order chi connectivity index (χ1) is 16.1. The molecule has 0 saturated heterocycles. The highest BCUT2D eigenvalue weighted by Gasteiger charge is 2.19. The molecule has 0 atom stereocenters. The van der Waals surface area contributed by atoms with Crippen molar-refractivity contribution in [3.8, 4) is 52.0 Å². The van der Waals surface area contributed by atoms with Crippen molar-refractivity contribution >= 4 is 11.0 Å². The standard InChI is InChI=1S/C26H24N2O5/c1-29-18-10-7-16(8-11-18)6-9-17-14-20-21(15-23(17)31-3)28-26(27-20)19-12-13-22(30-2)25(33-5)24(19)32-4/h7-8,10-15H,1-5H3,(H,27,28). The van der Waals surface area contributed by atoms with Crippen LogP contribution in [-0.4, -0.2) is 45.5 Å². The van der Waals surface area contributed by atoms with E-state index in [1.54, 1.807) is 35.5 Å². The molecule has 0 spiro atoms. The third-order valence-corrected chi connectivity index (χ3v) is 5.19. The fourth-order valence-corrected chi connectivity index (χ4v) is 3.53. The Kier molecular flexibility index (Phi) is 6.27. The molecule has 7 nitrogen and oxygen atoms in total. The van der Waals surface area contributed by atoms with E-state index in [1.807, 2.05) is 48.5 Å². The van der Waals surface area contributed by atoms with Gasteiger partial charge in [0.15, 0.2) is 11.5 Å². The monoisotopic (exact) mass is 444 g/mol. The number of H-pyrrole nitrogens is 1. The average molecular weight is 444 g/mol. The first-order valence-electron chi connectivity index (χ1n) is 10.1. The second-order valence-corrected chi connectivity index (χ2v) is 7.02. The van der Waals surface area contributed by atoms with Gasteiger partial charge in [0.2, 0.25) is 5.75 Å². The number of rotatable bonds is 6. The zero-order chi connectivity index (χ0) is 23.4. The van der Waals surface area contributed by atoms with Crippen molar-refractivity contribution in [2.45, 2.75) is 0 Å². The summed E-state index contributed by atoms with van der Waals surface area (Å²) < 4.78 is 27.3. The SMILES string of the molecule is COc1ccc(C#Cc2cc3[nH]c(-c4ccc(OC)c(OC)c4OC)nc3cc2OC)cc1. The minimum absolute atomic E-state index is 0.501. The van der Waals surface area contributed by atoms with Gasteiger partial charge in [-0.15, -0.1) is 0 Å². The first-order valence-corrected chi connectivity index (χ1v) is 10.1. The molecular formula is C26H24N2O5. The summed E-state index contributed by atoms with van der Waals surface area (Å²) in [6, 6.07) is 15.1. The molecule has 33 heavy (non-hydrogen) atoms. The van der Waals surface area contributed by atoms with Crippen LogP contribution in [0.2, 0.25) is 0 Å². The number of ether oxygens (including phenoxy) is 5. The smallest absolute Gasteiger partial charge is 0.204 e. The molecule has 3 aromatic carbocycles. The molecule has 0 aliphatic heterocycles. The molecule has 0 amide bonds. The van der Waals surface area contributed by atoms with Crippen molar-refractivity contribution in [1.29, 1.82) is 0 Å². The van der Waals surface area contributed by atoms with E-state index in [0.29, 0.717) is 28.8 Å². The highest BCUT2D eigenvalue weighted by molar-refractivity contribution is 5.85. The quantitative estimate of drug-likeness (QED) is 0.436. The van der Waals surface area contributed by atoms with Crippen LogP contribution < -0.4 is 23.7 Å². The molecule has 0 saturated carbocycles. The highest BCUT2D eigenvalue weighted by Crippen LogP contribution is 2.44. The number of imidazole rings is 1. The summed E-state index contributed by atoms with van der Waals surface area (Å²) in [5.74, 6) is 10.0.